The third-order valence-electron chi connectivity index (χ3n) is 3.21. The first kappa shape index (κ1) is 20.3. The fourth-order valence-corrected chi connectivity index (χ4v) is 2.98. The Hall–Kier alpha value is -2.00. The van der Waals surface area contributed by atoms with Crippen molar-refractivity contribution in [3.05, 3.63) is 58.6 Å². The number of rotatable bonds is 5. The number of para-hydroxylation sites is 1. The number of anilines is 1. The van der Waals surface area contributed by atoms with Crippen LogP contribution in [0.1, 0.15) is 10.4 Å². The lowest BCUT2D eigenvalue weighted by Crippen LogP contribution is -2.35. The van der Waals surface area contributed by atoms with E-state index >= 15 is 0 Å². The molecule has 0 bridgehead atoms. The number of benzene rings is 2. The summed E-state index contributed by atoms with van der Waals surface area (Å²) in [6, 6.07) is 12.1. The van der Waals surface area contributed by atoms with Gasteiger partial charge in [0.05, 0.1) is 12.2 Å². The average Bonchev–Trinajstić information content (AvgIpc) is 2.55. The van der Waals surface area contributed by atoms with Crippen LogP contribution in [0.5, 0.6) is 0 Å². The van der Waals surface area contributed by atoms with E-state index in [4.69, 9.17) is 0 Å². The van der Waals surface area contributed by atoms with E-state index in [1.165, 1.54) is 36.2 Å². The van der Waals surface area contributed by atoms with Crippen LogP contribution in [0.2, 0.25) is 0 Å². The van der Waals surface area contributed by atoms with Crippen LogP contribution in [0.25, 0.3) is 0 Å². The molecule has 138 valence electrons. The largest absolute Gasteiger partial charge is 0.446 e. The fourth-order valence-electron chi connectivity index (χ4n) is 2.06. The van der Waals surface area contributed by atoms with Crippen LogP contribution >= 0.6 is 27.7 Å². The number of hydrogen-bond acceptors (Lipinski definition) is 3. The molecule has 0 unspecified atom stereocenters. The molecule has 9 heteroatoms. The molecule has 0 heterocycles. The number of carbonyl (C=O) groups excluding carboxylic acids is 2. The molecule has 1 N–H and O–H groups in total. The van der Waals surface area contributed by atoms with Gasteiger partial charge < -0.3 is 10.2 Å². The molecule has 0 saturated carbocycles. The lowest BCUT2D eigenvalue weighted by Gasteiger charge is -2.17. The predicted molar refractivity (Wildman–Crippen MR) is 98.1 cm³/mol. The summed E-state index contributed by atoms with van der Waals surface area (Å²) in [4.78, 5) is 25.6. The average molecular weight is 447 g/mol. The van der Waals surface area contributed by atoms with Crippen LogP contribution in [-0.4, -0.2) is 35.8 Å². The molecule has 0 aliphatic heterocycles. The summed E-state index contributed by atoms with van der Waals surface area (Å²) in [6.07, 6.45) is 0. The second kappa shape index (κ2) is 8.59. The first-order chi connectivity index (χ1) is 12.2. The van der Waals surface area contributed by atoms with Crippen molar-refractivity contribution in [3.63, 3.8) is 0 Å². The fraction of sp³-hybridized carbons (Fsp3) is 0.176. The number of halogens is 4. The Kier molecular flexibility index (Phi) is 6.71. The van der Waals surface area contributed by atoms with Gasteiger partial charge in [-0.1, -0.05) is 12.1 Å². The summed E-state index contributed by atoms with van der Waals surface area (Å²) >= 11 is 3.06. The van der Waals surface area contributed by atoms with Crippen LogP contribution in [0, 0.1) is 0 Å². The predicted octanol–water partition coefficient (Wildman–Crippen LogP) is 4.77. The zero-order valence-corrected chi connectivity index (χ0v) is 15.9. The second-order valence-electron chi connectivity index (χ2n) is 5.26. The second-order valence-corrected chi connectivity index (χ2v) is 7.25. The molecule has 0 fully saturated rings. The van der Waals surface area contributed by atoms with Crippen LogP contribution in [-0.2, 0) is 4.79 Å². The Morgan fingerprint density at radius 2 is 1.73 bits per heavy atom. The van der Waals surface area contributed by atoms with E-state index < -0.39 is 17.3 Å². The summed E-state index contributed by atoms with van der Waals surface area (Å²) in [6.45, 7) is -0.195. The molecule has 0 radical (unpaired) electrons. The Morgan fingerprint density at radius 3 is 2.31 bits per heavy atom. The van der Waals surface area contributed by atoms with Crippen molar-refractivity contribution in [2.45, 2.75) is 10.4 Å². The maximum Gasteiger partial charge on any atom is 0.446 e. The normalized spacial score (nSPS) is 11.1. The molecular weight excluding hydrogens is 433 g/mol. The molecule has 0 atom stereocenters. The molecule has 0 spiro atoms. The van der Waals surface area contributed by atoms with Gasteiger partial charge in [0, 0.05) is 22.0 Å². The van der Waals surface area contributed by atoms with Gasteiger partial charge in [-0.05, 0) is 64.1 Å². The number of hydrogen-bond donors (Lipinski definition) is 1. The van der Waals surface area contributed by atoms with Gasteiger partial charge in [0.25, 0.3) is 5.91 Å². The lowest BCUT2D eigenvalue weighted by molar-refractivity contribution is -0.116. The van der Waals surface area contributed by atoms with Gasteiger partial charge >= 0.3 is 5.51 Å². The number of thioether (sulfide) groups is 1. The molecule has 2 amide bonds. The van der Waals surface area contributed by atoms with Crippen LogP contribution in [0.4, 0.5) is 18.9 Å². The van der Waals surface area contributed by atoms with Crippen molar-refractivity contribution >= 4 is 45.2 Å². The number of carbonyl (C=O) groups is 2. The third-order valence-corrected chi connectivity index (χ3v) is 4.64. The number of likely N-dealkylation sites (N-methyl/N-ethyl adjacent to an activating group) is 1. The van der Waals surface area contributed by atoms with Crippen molar-refractivity contribution in [3.8, 4) is 0 Å². The standard InChI is InChI=1S/C17H14BrF3N2O2S/c1-23(10-15(24)22-14-5-3-2-4-13(14)18)16(25)11-6-8-12(9-7-11)26-17(19,20)21/h2-9H,10H2,1H3,(H,22,24). The minimum absolute atomic E-state index is 0.0108. The number of nitrogens with zero attached hydrogens (tertiary/aromatic N) is 1. The Balaban J connectivity index is 1.96. The van der Waals surface area contributed by atoms with Crippen LogP contribution < -0.4 is 5.32 Å². The van der Waals surface area contributed by atoms with Gasteiger partial charge in [0.15, 0.2) is 0 Å². The first-order valence-electron chi connectivity index (χ1n) is 7.31. The van der Waals surface area contributed by atoms with E-state index in [0.717, 1.165) is 0 Å². The third kappa shape index (κ3) is 6.06. The maximum absolute atomic E-state index is 12.3. The van der Waals surface area contributed by atoms with Crippen molar-refractivity contribution in [2.24, 2.45) is 0 Å². The number of amides is 2. The zero-order valence-electron chi connectivity index (χ0n) is 13.5. The molecule has 2 aromatic rings. The van der Waals surface area contributed by atoms with E-state index in [1.807, 2.05) is 0 Å². The SMILES string of the molecule is CN(CC(=O)Nc1ccccc1Br)C(=O)c1ccc(SC(F)(F)F)cc1. The zero-order chi connectivity index (χ0) is 19.3. The monoisotopic (exact) mass is 446 g/mol. The van der Waals surface area contributed by atoms with E-state index in [1.54, 1.807) is 24.3 Å². The minimum Gasteiger partial charge on any atom is -0.332 e. The molecule has 0 aromatic heterocycles. The molecule has 0 aliphatic carbocycles. The molecular formula is C17H14BrF3N2O2S. The minimum atomic E-state index is -4.38. The van der Waals surface area contributed by atoms with Gasteiger partial charge in [-0.15, -0.1) is 0 Å². The van der Waals surface area contributed by atoms with Gasteiger partial charge in [0.1, 0.15) is 0 Å². The highest BCUT2D eigenvalue weighted by Gasteiger charge is 2.29. The number of alkyl halides is 3. The summed E-state index contributed by atoms with van der Waals surface area (Å²) < 4.78 is 37.7. The van der Waals surface area contributed by atoms with Gasteiger partial charge in [0.2, 0.25) is 5.91 Å². The highest BCUT2D eigenvalue weighted by molar-refractivity contribution is 9.10. The van der Waals surface area contributed by atoms with Gasteiger partial charge in [-0.3, -0.25) is 9.59 Å². The van der Waals surface area contributed by atoms with E-state index in [-0.39, 0.29) is 28.8 Å². The Morgan fingerprint density at radius 1 is 1.12 bits per heavy atom. The first-order valence-corrected chi connectivity index (χ1v) is 8.92. The summed E-state index contributed by atoms with van der Waals surface area (Å²) in [5.74, 6) is -0.854. The molecule has 4 nitrogen and oxygen atoms in total. The molecule has 2 rings (SSSR count). The summed E-state index contributed by atoms with van der Waals surface area (Å²) in [5, 5.41) is 2.67. The van der Waals surface area contributed by atoms with Crippen molar-refractivity contribution in [1.82, 2.24) is 4.90 Å². The van der Waals surface area contributed by atoms with Crippen molar-refractivity contribution in [1.29, 1.82) is 0 Å². The van der Waals surface area contributed by atoms with E-state index in [0.29, 0.717) is 10.2 Å². The Labute approximate surface area is 160 Å². The molecule has 0 saturated heterocycles. The van der Waals surface area contributed by atoms with E-state index in [2.05, 4.69) is 21.2 Å². The molecule has 2 aromatic carbocycles. The topological polar surface area (TPSA) is 49.4 Å². The summed E-state index contributed by atoms with van der Waals surface area (Å²) in [7, 11) is 1.44. The number of nitrogens with one attached hydrogen (secondary N) is 1. The highest BCUT2D eigenvalue weighted by Crippen LogP contribution is 2.36. The quantitative estimate of drug-likeness (QED) is 0.672. The smallest absolute Gasteiger partial charge is 0.332 e. The van der Waals surface area contributed by atoms with Crippen LogP contribution in [0.15, 0.2) is 57.9 Å². The van der Waals surface area contributed by atoms with Crippen molar-refractivity contribution in [2.75, 3.05) is 18.9 Å². The molecule has 26 heavy (non-hydrogen) atoms. The lowest BCUT2D eigenvalue weighted by atomic mass is 10.2. The van der Waals surface area contributed by atoms with Gasteiger partial charge in [-0.25, -0.2) is 0 Å². The molecule has 0 aliphatic rings. The highest BCUT2D eigenvalue weighted by atomic mass is 79.9. The maximum atomic E-state index is 12.3. The van der Waals surface area contributed by atoms with Gasteiger partial charge in [-0.2, -0.15) is 13.2 Å². The Bertz CT molecular complexity index is 797. The summed E-state index contributed by atoms with van der Waals surface area (Å²) in [5.41, 5.74) is -3.61. The van der Waals surface area contributed by atoms with Crippen LogP contribution in [0.3, 0.4) is 0 Å². The van der Waals surface area contributed by atoms with E-state index in [9.17, 15) is 22.8 Å². The van der Waals surface area contributed by atoms with Crippen molar-refractivity contribution < 1.29 is 22.8 Å².